The zero-order valence-electron chi connectivity index (χ0n) is 22.1. The molecular formula is C31H34N4O3. The molecule has 1 heterocycles. The SMILES string of the molecule is COc1ccc(-c2ccc(C#N)cc2)cc1C(C)NC1CCN(C(=O)CNC(C)=O)CC1c1ccccc1. The number of likely N-dealkylation sites (tertiary alicyclic amines) is 1. The molecule has 0 saturated carbocycles. The summed E-state index contributed by atoms with van der Waals surface area (Å²) in [6.07, 6.45) is 0.785. The van der Waals surface area contributed by atoms with Gasteiger partial charge in [-0.15, -0.1) is 0 Å². The van der Waals surface area contributed by atoms with Crippen LogP contribution in [0.2, 0.25) is 0 Å². The normalized spacial score (nSPS) is 17.8. The lowest BCUT2D eigenvalue weighted by molar-refractivity contribution is -0.133. The van der Waals surface area contributed by atoms with E-state index in [-0.39, 0.29) is 36.4 Å². The maximum atomic E-state index is 12.8. The predicted molar refractivity (Wildman–Crippen MR) is 148 cm³/mol. The number of nitriles is 1. The molecule has 196 valence electrons. The van der Waals surface area contributed by atoms with Crippen molar-refractivity contribution in [2.45, 2.75) is 38.3 Å². The molecule has 0 radical (unpaired) electrons. The molecule has 3 atom stereocenters. The summed E-state index contributed by atoms with van der Waals surface area (Å²) in [5.74, 6) is 0.632. The van der Waals surface area contributed by atoms with Crippen molar-refractivity contribution in [2.24, 2.45) is 0 Å². The molecule has 1 aliphatic rings. The Morgan fingerprint density at radius 1 is 1.08 bits per heavy atom. The first-order valence-corrected chi connectivity index (χ1v) is 12.9. The van der Waals surface area contributed by atoms with Crippen molar-refractivity contribution in [2.75, 3.05) is 26.7 Å². The molecule has 2 amide bonds. The monoisotopic (exact) mass is 510 g/mol. The number of hydrogen-bond acceptors (Lipinski definition) is 5. The summed E-state index contributed by atoms with van der Waals surface area (Å²) in [5, 5.41) is 15.6. The molecule has 1 saturated heterocycles. The van der Waals surface area contributed by atoms with E-state index in [2.05, 4.69) is 41.8 Å². The summed E-state index contributed by atoms with van der Waals surface area (Å²) >= 11 is 0. The van der Waals surface area contributed by atoms with Crippen molar-refractivity contribution >= 4 is 11.8 Å². The molecule has 7 nitrogen and oxygen atoms in total. The van der Waals surface area contributed by atoms with Gasteiger partial charge in [0.2, 0.25) is 11.8 Å². The number of nitrogens with one attached hydrogen (secondary N) is 2. The van der Waals surface area contributed by atoms with Crippen molar-refractivity contribution < 1.29 is 14.3 Å². The van der Waals surface area contributed by atoms with Crippen molar-refractivity contribution in [3.05, 3.63) is 89.5 Å². The van der Waals surface area contributed by atoms with Gasteiger partial charge >= 0.3 is 0 Å². The Bertz CT molecular complexity index is 1300. The van der Waals surface area contributed by atoms with E-state index in [4.69, 9.17) is 10.00 Å². The Hall–Kier alpha value is -4.15. The quantitative estimate of drug-likeness (QED) is 0.468. The highest BCUT2D eigenvalue weighted by atomic mass is 16.5. The standard InChI is InChI=1S/C31H34N4O3/c1-21(27-17-26(13-14-30(27)38-3)24-11-9-23(18-32)10-12-24)34-29-15-16-35(31(37)19-33-22(2)36)20-28(29)25-7-5-4-6-8-25/h4-14,17,21,28-29,34H,15-16,19-20H2,1-3H3,(H,33,36). The van der Waals surface area contributed by atoms with Crippen LogP contribution < -0.4 is 15.4 Å². The number of rotatable bonds is 8. The first-order chi connectivity index (χ1) is 18.4. The molecular weight excluding hydrogens is 476 g/mol. The van der Waals surface area contributed by atoms with Gasteiger partial charge in [0.15, 0.2) is 0 Å². The molecule has 4 rings (SSSR count). The number of piperidine rings is 1. The number of carbonyl (C=O) groups is 2. The predicted octanol–water partition coefficient (Wildman–Crippen LogP) is 4.41. The molecule has 2 N–H and O–H groups in total. The number of methoxy groups -OCH3 is 1. The van der Waals surface area contributed by atoms with Crippen molar-refractivity contribution in [3.8, 4) is 22.9 Å². The zero-order chi connectivity index (χ0) is 27.1. The van der Waals surface area contributed by atoms with Gasteiger partial charge in [0.25, 0.3) is 0 Å². The van der Waals surface area contributed by atoms with Gasteiger partial charge in [-0.05, 0) is 54.3 Å². The highest BCUT2D eigenvalue weighted by Gasteiger charge is 2.33. The second-order valence-electron chi connectivity index (χ2n) is 9.70. The van der Waals surface area contributed by atoms with Crippen LogP contribution in [0.15, 0.2) is 72.8 Å². The molecule has 0 aliphatic carbocycles. The molecule has 1 aliphatic heterocycles. The average Bonchev–Trinajstić information content (AvgIpc) is 2.96. The molecule has 0 aromatic heterocycles. The fourth-order valence-corrected chi connectivity index (χ4v) is 5.13. The van der Waals surface area contributed by atoms with Crippen LogP contribution in [0.25, 0.3) is 11.1 Å². The Kier molecular flexibility index (Phi) is 8.77. The van der Waals surface area contributed by atoms with Gasteiger partial charge in [0.05, 0.1) is 25.3 Å². The first kappa shape index (κ1) is 26.9. The van der Waals surface area contributed by atoms with Gasteiger partial charge in [-0.25, -0.2) is 0 Å². The largest absolute Gasteiger partial charge is 0.496 e. The smallest absolute Gasteiger partial charge is 0.241 e. The van der Waals surface area contributed by atoms with Crippen LogP contribution in [0.3, 0.4) is 0 Å². The summed E-state index contributed by atoms with van der Waals surface area (Å²) in [4.78, 5) is 25.9. The van der Waals surface area contributed by atoms with Crippen LogP contribution in [0, 0.1) is 11.3 Å². The van der Waals surface area contributed by atoms with E-state index in [1.165, 1.54) is 12.5 Å². The van der Waals surface area contributed by atoms with Crippen LogP contribution in [-0.2, 0) is 9.59 Å². The summed E-state index contributed by atoms with van der Waals surface area (Å²) in [6, 6.07) is 26.3. The Labute approximate surface area is 224 Å². The van der Waals surface area contributed by atoms with E-state index in [0.29, 0.717) is 18.7 Å². The van der Waals surface area contributed by atoms with Crippen LogP contribution in [-0.4, -0.2) is 49.5 Å². The number of hydrogen-bond donors (Lipinski definition) is 2. The molecule has 7 heteroatoms. The number of ether oxygens (including phenoxy) is 1. The maximum Gasteiger partial charge on any atom is 0.241 e. The highest BCUT2D eigenvalue weighted by molar-refractivity contribution is 5.83. The van der Waals surface area contributed by atoms with Crippen molar-refractivity contribution in [1.82, 2.24) is 15.5 Å². The van der Waals surface area contributed by atoms with Crippen molar-refractivity contribution in [1.29, 1.82) is 5.26 Å². The molecule has 3 aromatic carbocycles. The maximum absolute atomic E-state index is 12.8. The minimum absolute atomic E-state index is 0.0128. The second kappa shape index (κ2) is 12.4. The van der Waals surface area contributed by atoms with E-state index in [1.54, 1.807) is 7.11 Å². The minimum Gasteiger partial charge on any atom is -0.496 e. The number of benzene rings is 3. The van der Waals surface area contributed by atoms with Gasteiger partial charge in [0, 0.05) is 43.6 Å². The third kappa shape index (κ3) is 6.39. The van der Waals surface area contributed by atoms with Crippen LogP contribution in [0.1, 0.15) is 48.9 Å². The highest BCUT2D eigenvalue weighted by Crippen LogP contribution is 2.34. The zero-order valence-corrected chi connectivity index (χ0v) is 22.1. The van der Waals surface area contributed by atoms with Gasteiger partial charge in [-0.2, -0.15) is 5.26 Å². The molecule has 3 aromatic rings. The topological polar surface area (TPSA) is 94.5 Å². The number of nitrogens with zero attached hydrogens (tertiary/aromatic N) is 2. The Morgan fingerprint density at radius 2 is 1.79 bits per heavy atom. The third-order valence-corrected chi connectivity index (χ3v) is 7.19. The van der Waals surface area contributed by atoms with E-state index >= 15 is 0 Å². The molecule has 38 heavy (non-hydrogen) atoms. The number of amides is 2. The van der Waals surface area contributed by atoms with E-state index in [1.807, 2.05) is 59.5 Å². The second-order valence-corrected chi connectivity index (χ2v) is 9.70. The summed E-state index contributed by atoms with van der Waals surface area (Å²) in [5.41, 5.74) is 4.94. The fourth-order valence-electron chi connectivity index (χ4n) is 5.13. The van der Waals surface area contributed by atoms with E-state index in [0.717, 1.165) is 28.9 Å². The third-order valence-electron chi connectivity index (χ3n) is 7.19. The number of carbonyl (C=O) groups excluding carboxylic acids is 2. The van der Waals surface area contributed by atoms with Crippen LogP contribution in [0.4, 0.5) is 0 Å². The average molecular weight is 511 g/mol. The lowest BCUT2D eigenvalue weighted by Gasteiger charge is -2.40. The van der Waals surface area contributed by atoms with Crippen LogP contribution in [0.5, 0.6) is 5.75 Å². The minimum atomic E-state index is -0.208. The lowest BCUT2D eigenvalue weighted by Crippen LogP contribution is -2.52. The van der Waals surface area contributed by atoms with Gasteiger partial charge in [-0.1, -0.05) is 48.5 Å². The lowest BCUT2D eigenvalue weighted by atomic mass is 9.85. The van der Waals surface area contributed by atoms with Crippen LogP contribution >= 0.6 is 0 Å². The Morgan fingerprint density at radius 3 is 2.45 bits per heavy atom. The van der Waals surface area contributed by atoms with Gasteiger partial charge in [0.1, 0.15) is 5.75 Å². The van der Waals surface area contributed by atoms with Gasteiger partial charge in [-0.3, -0.25) is 9.59 Å². The van der Waals surface area contributed by atoms with Crippen molar-refractivity contribution in [3.63, 3.8) is 0 Å². The molecule has 3 unspecified atom stereocenters. The van der Waals surface area contributed by atoms with E-state index < -0.39 is 0 Å². The summed E-state index contributed by atoms with van der Waals surface area (Å²) in [7, 11) is 1.68. The fraction of sp³-hybridized carbons (Fsp3) is 0.323. The first-order valence-electron chi connectivity index (χ1n) is 12.9. The van der Waals surface area contributed by atoms with Gasteiger partial charge < -0.3 is 20.3 Å². The molecule has 0 bridgehead atoms. The summed E-state index contributed by atoms with van der Waals surface area (Å²) in [6.45, 7) is 4.77. The summed E-state index contributed by atoms with van der Waals surface area (Å²) < 4.78 is 5.72. The molecule has 0 spiro atoms. The van der Waals surface area contributed by atoms with E-state index in [9.17, 15) is 9.59 Å². The molecule has 1 fully saturated rings. The Balaban J connectivity index is 1.56.